The summed E-state index contributed by atoms with van der Waals surface area (Å²) < 4.78 is 0. The van der Waals surface area contributed by atoms with Crippen LogP contribution in [0.15, 0.2) is 24.3 Å². The highest BCUT2D eigenvalue weighted by Crippen LogP contribution is 2.40. The van der Waals surface area contributed by atoms with Crippen molar-refractivity contribution >= 4 is 34.0 Å². The molecule has 2 aromatic rings. The van der Waals surface area contributed by atoms with Gasteiger partial charge in [0.1, 0.15) is 0 Å². The van der Waals surface area contributed by atoms with Crippen LogP contribution < -0.4 is 0 Å². The first-order valence-corrected chi connectivity index (χ1v) is 6.61. The quantitative estimate of drug-likeness (QED) is 0.608. The zero-order chi connectivity index (χ0) is 12.2. The minimum Gasteiger partial charge on any atom is -0.0837 e. The van der Waals surface area contributed by atoms with Crippen LogP contribution in [0.25, 0.3) is 10.8 Å². The van der Waals surface area contributed by atoms with Crippen LogP contribution in [0.3, 0.4) is 0 Å². The average molecular weight is 265 g/mol. The van der Waals surface area contributed by atoms with Gasteiger partial charge >= 0.3 is 0 Å². The molecule has 1 aliphatic carbocycles. The first kappa shape index (κ1) is 11.4. The third-order valence-electron chi connectivity index (χ3n) is 3.57. The lowest BCUT2D eigenvalue weighted by molar-refractivity contribution is 0.392. The Labute approximate surface area is 112 Å². The second-order valence-corrected chi connectivity index (χ2v) is 6.53. The van der Waals surface area contributed by atoms with Crippen LogP contribution in [-0.2, 0) is 12.8 Å². The molecule has 88 valence electrons. The van der Waals surface area contributed by atoms with Crippen molar-refractivity contribution in [3.8, 4) is 0 Å². The molecule has 0 fully saturated rings. The zero-order valence-electron chi connectivity index (χ0n) is 9.98. The molecule has 0 nitrogen and oxygen atoms in total. The fraction of sp³-hybridized carbons (Fsp3) is 0.333. The third kappa shape index (κ3) is 1.84. The van der Waals surface area contributed by atoms with Gasteiger partial charge in [0.15, 0.2) is 0 Å². The van der Waals surface area contributed by atoms with Crippen molar-refractivity contribution in [3.05, 3.63) is 45.4 Å². The summed E-state index contributed by atoms with van der Waals surface area (Å²) in [6.45, 7) is 4.61. The largest absolute Gasteiger partial charge is 0.0837 e. The van der Waals surface area contributed by atoms with E-state index in [0.717, 1.165) is 33.7 Å². The molecule has 0 N–H and O–H groups in total. The Morgan fingerprint density at radius 1 is 0.882 bits per heavy atom. The van der Waals surface area contributed by atoms with E-state index in [0.29, 0.717) is 5.41 Å². The SMILES string of the molecule is CC1(C)Cc2cc3c(Cl)ccc(Cl)c3cc2C1. The smallest absolute Gasteiger partial charge is 0.0485 e. The molecule has 0 saturated carbocycles. The Kier molecular flexibility index (Phi) is 2.43. The molecule has 0 radical (unpaired) electrons. The molecule has 0 aromatic heterocycles. The second-order valence-electron chi connectivity index (χ2n) is 5.71. The van der Waals surface area contributed by atoms with Crippen molar-refractivity contribution in [1.29, 1.82) is 0 Å². The van der Waals surface area contributed by atoms with Gasteiger partial charge in [0.25, 0.3) is 0 Å². The van der Waals surface area contributed by atoms with Gasteiger partial charge in [-0.15, -0.1) is 0 Å². The number of halogens is 2. The van der Waals surface area contributed by atoms with E-state index in [1.165, 1.54) is 11.1 Å². The lowest BCUT2D eigenvalue weighted by atomic mass is 9.90. The third-order valence-corrected chi connectivity index (χ3v) is 4.23. The zero-order valence-corrected chi connectivity index (χ0v) is 11.5. The molecule has 0 aliphatic heterocycles. The molecule has 0 saturated heterocycles. The lowest BCUT2D eigenvalue weighted by Gasteiger charge is -2.14. The van der Waals surface area contributed by atoms with Crippen LogP contribution in [0.5, 0.6) is 0 Å². The van der Waals surface area contributed by atoms with Crippen LogP contribution in [-0.4, -0.2) is 0 Å². The van der Waals surface area contributed by atoms with Crippen molar-refractivity contribution < 1.29 is 0 Å². The monoisotopic (exact) mass is 264 g/mol. The van der Waals surface area contributed by atoms with Crippen LogP contribution in [0, 0.1) is 5.41 Å². The second kappa shape index (κ2) is 3.63. The predicted molar refractivity (Wildman–Crippen MR) is 75.2 cm³/mol. The van der Waals surface area contributed by atoms with E-state index in [2.05, 4.69) is 26.0 Å². The number of benzene rings is 2. The summed E-state index contributed by atoms with van der Waals surface area (Å²) in [5.74, 6) is 0. The maximum atomic E-state index is 6.24. The molecule has 0 atom stereocenters. The molecule has 0 unspecified atom stereocenters. The normalized spacial score (nSPS) is 17.4. The summed E-state index contributed by atoms with van der Waals surface area (Å²) in [4.78, 5) is 0. The maximum Gasteiger partial charge on any atom is 0.0485 e. The van der Waals surface area contributed by atoms with Gasteiger partial charge in [-0.2, -0.15) is 0 Å². The van der Waals surface area contributed by atoms with Crippen LogP contribution in [0.1, 0.15) is 25.0 Å². The molecule has 1 aliphatic rings. The molecule has 0 amide bonds. The highest BCUT2D eigenvalue weighted by Gasteiger charge is 2.28. The topological polar surface area (TPSA) is 0 Å². The standard InChI is InChI=1S/C15H14Cl2/c1-15(2)7-9-5-11-12(6-10(9)8-15)14(17)4-3-13(11)16/h3-6H,7-8H2,1-2H3. The summed E-state index contributed by atoms with van der Waals surface area (Å²) in [5.41, 5.74) is 3.21. The Morgan fingerprint density at radius 3 is 1.71 bits per heavy atom. The Morgan fingerprint density at radius 2 is 1.29 bits per heavy atom. The summed E-state index contributed by atoms with van der Waals surface area (Å²) in [6.07, 6.45) is 2.25. The van der Waals surface area contributed by atoms with Gasteiger partial charge < -0.3 is 0 Å². The van der Waals surface area contributed by atoms with Gasteiger partial charge in [-0.25, -0.2) is 0 Å². The molecule has 0 heterocycles. The molecule has 0 bridgehead atoms. The van der Waals surface area contributed by atoms with Gasteiger partial charge in [0, 0.05) is 20.8 Å². The average Bonchev–Trinajstić information content (AvgIpc) is 2.54. The van der Waals surface area contributed by atoms with Crippen molar-refractivity contribution in [2.45, 2.75) is 26.7 Å². The van der Waals surface area contributed by atoms with E-state index in [1.807, 2.05) is 12.1 Å². The minimum atomic E-state index is 0.360. The van der Waals surface area contributed by atoms with Crippen LogP contribution in [0.2, 0.25) is 10.0 Å². The predicted octanol–water partition coefficient (Wildman–Crippen LogP) is 5.27. The van der Waals surface area contributed by atoms with Crippen molar-refractivity contribution in [2.24, 2.45) is 5.41 Å². The molecule has 2 aromatic carbocycles. The van der Waals surface area contributed by atoms with Crippen molar-refractivity contribution in [3.63, 3.8) is 0 Å². The Hall–Kier alpha value is -0.720. The first-order valence-electron chi connectivity index (χ1n) is 5.86. The van der Waals surface area contributed by atoms with Crippen LogP contribution in [0.4, 0.5) is 0 Å². The molecule has 3 rings (SSSR count). The van der Waals surface area contributed by atoms with Crippen molar-refractivity contribution in [1.82, 2.24) is 0 Å². The number of hydrogen-bond acceptors (Lipinski definition) is 0. The van der Waals surface area contributed by atoms with E-state index in [-0.39, 0.29) is 0 Å². The molecule has 0 spiro atoms. The molecular formula is C15H14Cl2. The number of hydrogen-bond donors (Lipinski definition) is 0. The van der Waals surface area contributed by atoms with Crippen molar-refractivity contribution in [2.75, 3.05) is 0 Å². The highest BCUT2D eigenvalue weighted by atomic mass is 35.5. The van der Waals surface area contributed by atoms with Gasteiger partial charge in [-0.05, 0) is 53.6 Å². The number of fused-ring (bicyclic) bond motifs is 2. The molecular weight excluding hydrogens is 251 g/mol. The van der Waals surface area contributed by atoms with E-state index in [4.69, 9.17) is 23.2 Å². The van der Waals surface area contributed by atoms with E-state index in [1.54, 1.807) is 0 Å². The van der Waals surface area contributed by atoms with Gasteiger partial charge in [-0.3, -0.25) is 0 Å². The summed E-state index contributed by atoms with van der Waals surface area (Å²) in [7, 11) is 0. The highest BCUT2D eigenvalue weighted by molar-refractivity contribution is 6.40. The van der Waals surface area contributed by atoms with E-state index >= 15 is 0 Å². The maximum absolute atomic E-state index is 6.24. The fourth-order valence-corrected chi connectivity index (χ4v) is 3.27. The number of rotatable bonds is 0. The van der Waals surface area contributed by atoms with Crippen LogP contribution >= 0.6 is 23.2 Å². The van der Waals surface area contributed by atoms with E-state index in [9.17, 15) is 0 Å². The summed E-state index contributed by atoms with van der Waals surface area (Å²) >= 11 is 12.5. The van der Waals surface area contributed by atoms with Gasteiger partial charge in [0.05, 0.1) is 0 Å². The van der Waals surface area contributed by atoms with Gasteiger partial charge in [0.2, 0.25) is 0 Å². The molecule has 17 heavy (non-hydrogen) atoms. The lowest BCUT2D eigenvalue weighted by Crippen LogP contribution is -2.09. The summed E-state index contributed by atoms with van der Waals surface area (Å²) in [5, 5.41) is 3.74. The molecule has 2 heteroatoms. The Balaban J connectivity index is 2.30. The van der Waals surface area contributed by atoms with E-state index < -0.39 is 0 Å². The van der Waals surface area contributed by atoms with Gasteiger partial charge in [-0.1, -0.05) is 37.0 Å². The fourth-order valence-electron chi connectivity index (χ4n) is 2.83. The Bertz CT molecular complexity index is 559. The minimum absolute atomic E-state index is 0.360. The summed E-state index contributed by atoms with van der Waals surface area (Å²) in [6, 6.07) is 8.18. The first-order chi connectivity index (χ1) is 7.96.